The molecule has 0 saturated heterocycles. The van der Waals surface area contributed by atoms with Crippen molar-refractivity contribution in [1.82, 2.24) is 0 Å². The molecule has 1 N–H and O–H groups in total. The molecule has 0 saturated carbocycles. The Bertz CT molecular complexity index is 350. The molecule has 0 bridgehead atoms. The predicted molar refractivity (Wildman–Crippen MR) is 58.4 cm³/mol. The summed E-state index contributed by atoms with van der Waals surface area (Å²) in [7, 11) is 0. The first-order valence-electron chi connectivity index (χ1n) is 5.36. The summed E-state index contributed by atoms with van der Waals surface area (Å²) < 4.78 is 0. The first-order valence-corrected chi connectivity index (χ1v) is 5.36. The van der Waals surface area contributed by atoms with Crippen molar-refractivity contribution in [1.29, 1.82) is 0 Å². The molecule has 0 aromatic heterocycles. The molecule has 76 valence electrons. The largest absolute Gasteiger partial charge is 0.385 e. The molecular weight excluding hydrogens is 172 g/mol. The quantitative estimate of drug-likeness (QED) is 0.722. The van der Waals surface area contributed by atoms with Gasteiger partial charge in [0, 0.05) is 0 Å². The molecule has 1 unspecified atom stereocenters. The number of rotatable bonds is 1. The van der Waals surface area contributed by atoms with Crippen LogP contribution < -0.4 is 0 Å². The number of fused-ring (bicyclic) bond motifs is 1. The van der Waals surface area contributed by atoms with Gasteiger partial charge in [0.05, 0.1) is 5.60 Å². The van der Waals surface area contributed by atoms with Gasteiger partial charge < -0.3 is 5.11 Å². The Hall–Kier alpha value is -0.820. The van der Waals surface area contributed by atoms with Gasteiger partial charge in [0.15, 0.2) is 0 Å². The number of aryl methyl sites for hydroxylation is 1. The molecule has 1 atom stereocenters. The van der Waals surface area contributed by atoms with Gasteiger partial charge in [0.25, 0.3) is 0 Å². The fraction of sp³-hybridized carbons (Fsp3) is 0.538. The zero-order valence-electron chi connectivity index (χ0n) is 9.17. The van der Waals surface area contributed by atoms with E-state index in [1.165, 1.54) is 11.1 Å². The summed E-state index contributed by atoms with van der Waals surface area (Å²) in [6.07, 6.45) is 1.88. The van der Waals surface area contributed by atoms with Crippen LogP contribution in [0.5, 0.6) is 0 Å². The number of hydrogen-bond acceptors (Lipinski definition) is 1. The fourth-order valence-electron chi connectivity index (χ4n) is 2.19. The summed E-state index contributed by atoms with van der Waals surface area (Å²) in [6.45, 7) is 6.29. The number of benzene rings is 1. The molecule has 2 rings (SSSR count). The van der Waals surface area contributed by atoms with Crippen molar-refractivity contribution in [3.8, 4) is 0 Å². The molecule has 1 nitrogen and oxygen atoms in total. The summed E-state index contributed by atoms with van der Waals surface area (Å²) in [5.41, 5.74) is 3.19. The van der Waals surface area contributed by atoms with Gasteiger partial charge in [0.1, 0.15) is 0 Å². The molecule has 0 fully saturated rings. The van der Waals surface area contributed by atoms with Gasteiger partial charge >= 0.3 is 0 Å². The van der Waals surface area contributed by atoms with Gasteiger partial charge in [-0.3, -0.25) is 0 Å². The molecule has 14 heavy (non-hydrogen) atoms. The van der Waals surface area contributed by atoms with Crippen molar-refractivity contribution in [3.05, 3.63) is 34.9 Å². The molecule has 0 spiro atoms. The van der Waals surface area contributed by atoms with Crippen molar-refractivity contribution >= 4 is 0 Å². The second-order valence-corrected chi connectivity index (χ2v) is 4.85. The highest BCUT2D eigenvalue weighted by atomic mass is 16.3. The van der Waals surface area contributed by atoms with Crippen LogP contribution in [0.2, 0.25) is 0 Å². The van der Waals surface area contributed by atoms with Gasteiger partial charge in [0.2, 0.25) is 0 Å². The second-order valence-electron chi connectivity index (χ2n) is 4.85. The highest BCUT2D eigenvalue weighted by Crippen LogP contribution is 2.37. The average molecular weight is 190 g/mol. The lowest BCUT2D eigenvalue weighted by Gasteiger charge is -2.19. The maximum Gasteiger partial charge on any atom is 0.0874 e. The minimum absolute atomic E-state index is 0.539. The van der Waals surface area contributed by atoms with E-state index in [0.29, 0.717) is 5.92 Å². The highest BCUT2D eigenvalue weighted by Gasteiger charge is 2.31. The summed E-state index contributed by atoms with van der Waals surface area (Å²) in [6, 6.07) is 6.53. The number of hydrogen-bond donors (Lipinski definition) is 1. The SMILES string of the molecule is CC(C)c1ccc2c(c1)C(C)(O)CC2. The summed E-state index contributed by atoms with van der Waals surface area (Å²) in [5.74, 6) is 0.539. The van der Waals surface area contributed by atoms with Crippen LogP contribution in [0.25, 0.3) is 0 Å². The Labute approximate surface area is 85.8 Å². The molecule has 1 aliphatic carbocycles. The first-order chi connectivity index (χ1) is 6.50. The molecule has 1 aromatic carbocycles. The highest BCUT2D eigenvalue weighted by molar-refractivity contribution is 5.40. The fourth-order valence-corrected chi connectivity index (χ4v) is 2.19. The van der Waals surface area contributed by atoms with E-state index in [0.717, 1.165) is 18.4 Å². The van der Waals surface area contributed by atoms with Crippen LogP contribution in [0.4, 0.5) is 0 Å². The van der Waals surface area contributed by atoms with Crippen LogP contribution in [0.1, 0.15) is 49.8 Å². The van der Waals surface area contributed by atoms with Crippen LogP contribution in [0, 0.1) is 0 Å². The number of aliphatic hydroxyl groups is 1. The third-order valence-corrected chi connectivity index (χ3v) is 3.26. The molecular formula is C13H18O. The monoisotopic (exact) mass is 190 g/mol. The first kappa shape index (κ1) is 9.72. The van der Waals surface area contributed by atoms with Crippen LogP contribution in [0.3, 0.4) is 0 Å². The Morgan fingerprint density at radius 3 is 2.71 bits per heavy atom. The Morgan fingerprint density at radius 1 is 1.36 bits per heavy atom. The summed E-state index contributed by atoms with van der Waals surface area (Å²) in [4.78, 5) is 0. The lowest BCUT2D eigenvalue weighted by atomic mass is 9.93. The maximum atomic E-state index is 10.2. The third-order valence-electron chi connectivity index (χ3n) is 3.26. The zero-order chi connectivity index (χ0) is 10.3. The van der Waals surface area contributed by atoms with Gasteiger partial charge in [-0.25, -0.2) is 0 Å². The van der Waals surface area contributed by atoms with Gasteiger partial charge in [-0.1, -0.05) is 32.0 Å². The normalized spacial score (nSPS) is 25.5. The van der Waals surface area contributed by atoms with Crippen LogP contribution >= 0.6 is 0 Å². The molecule has 0 amide bonds. The smallest absolute Gasteiger partial charge is 0.0874 e. The zero-order valence-corrected chi connectivity index (χ0v) is 9.17. The Balaban J connectivity index is 2.48. The van der Waals surface area contributed by atoms with Gasteiger partial charge in [-0.15, -0.1) is 0 Å². The Kier molecular flexibility index (Phi) is 2.15. The minimum Gasteiger partial charge on any atom is -0.385 e. The van der Waals surface area contributed by atoms with Crippen molar-refractivity contribution in [3.63, 3.8) is 0 Å². The standard InChI is InChI=1S/C13H18O/c1-9(2)11-5-4-10-6-7-13(3,14)12(10)8-11/h4-5,8-9,14H,6-7H2,1-3H3. The summed E-state index contributed by atoms with van der Waals surface area (Å²) >= 11 is 0. The van der Waals surface area contributed by atoms with Crippen molar-refractivity contribution in [2.45, 2.75) is 45.1 Å². The maximum absolute atomic E-state index is 10.2. The van der Waals surface area contributed by atoms with E-state index in [4.69, 9.17) is 0 Å². The predicted octanol–water partition coefficient (Wildman–Crippen LogP) is 2.96. The van der Waals surface area contributed by atoms with Crippen LogP contribution in [-0.2, 0) is 12.0 Å². The summed E-state index contributed by atoms with van der Waals surface area (Å²) in [5, 5.41) is 10.2. The minimum atomic E-state index is -0.597. The van der Waals surface area contributed by atoms with E-state index in [1.807, 2.05) is 6.92 Å². The molecule has 0 aliphatic heterocycles. The van der Waals surface area contributed by atoms with E-state index in [2.05, 4.69) is 32.0 Å². The third kappa shape index (κ3) is 1.46. The van der Waals surface area contributed by atoms with Crippen molar-refractivity contribution in [2.24, 2.45) is 0 Å². The van der Waals surface area contributed by atoms with Crippen molar-refractivity contribution in [2.75, 3.05) is 0 Å². The van der Waals surface area contributed by atoms with Gasteiger partial charge in [-0.2, -0.15) is 0 Å². The van der Waals surface area contributed by atoms with Gasteiger partial charge in [-0.05, 0) is 42.4 Å². The van der Waals surface area contributed by atoms with E-state index < -0.39 is 5.60 Å². The molecule has 1 aliphatic rings. The second kappa shape index (κ2) is 3.09. The lowest BCUT2D eigenvalue weighted by molar-refractivity contribution is 0.0594. The molecule has 0 heterocycles. The Morgan fingerprint density at radius 2 is 2.07 bits per heavy atom. The van der Waals surface area contributed by atoms with Crippen molar-refractivity contribution < 1.29 is 5.11 Å². The molecule has 1 heteroatoms. The van der Waals surface area contributed by atoms with E-state index in [-0.39, 0.29) is 0 Å². The van der Waals surface area contributed by atoms with E-state index >= 15 is 0 Å². The van der Waals surface area contributed by atoms with Crippen LogP contribution in [-0.4, -0.2) is 5.11 Å². The molecule has 0 radical (unpaired) electrons. The lowest BCUT2D eigenvalue weighted by Crippen LogP contribution is -2.16. The molecule has 1 aromatic rings. The average Bonchev–Trinajstić information content (AvgIpc) is 2.42. The van der Waals surface area contributed by atoms with E-state index in [1.54, 1.807) is 0 Å². The topological polar surface area (TPSA) is 20.2 Å². The van der Waals surface area contributed by atoms with Crippen LogP contribution in [0.15, 0.2) is 18.2 Å². The van der Waals surface area contributed by atoms with E-state index in [9.17, 15) is 5.11 Å².